The van der Waals surface area contributed by atoms with Gasteiger partial charge in [-0.1, -0.05) is 12.1 Å². The highest BCUT2D eigenvalue weighted by atomic mass is 19.1. The third-order valence-electron chi connectivity index (χ3n) is 3.61. The first kappa shape index (κ1) is 22.8. The molecule has 0 bridgehead atoms. The van der Waals surface area contributed by atoms with E-state index in [0.29, 0.717) is 0 Å². The number of rotatable bonds is 5. The molecule has 2 aromatic rings. The van der Waals surface area contributed by atoms with E-state index in [-0.39, 0.29) is 11.3 Å². The molecule has 0 heterocycles. The summed E-state index contributed by atoms with van der Waals surface area (Å²) in [7, 11) is 0. The number of benzene rings is 2. The van der Waals surface area contributed by atoms with Gasteiger partial charge in [0.1, 0.15) is 22.9 Å². The van der Waals surface area contributed by atoms with Crippen LogP contribution in [0.1, 0.15) is 38.1 Å². The van der Waals surface area contributed by atoms with Crippen LogP contribution in [0.2, 0.25) is 0 Å². The molecule has 9 heteroatoms. The molecule has 0 spiro atoms. The number of ether oxygens (including phenoxy) is 2. The average molecular weight is 420 g/mol. The fourth-order valence-electron chi connectivity index (χ4n) is 2.27. The Morgan fingerprint density at radius 3 is 2.17 bits per heavy atom. The molecule has 0 fully saturated rings. The summed E-state index contributed by atoms with van der Waals surface area (Å²) >= 11 is 0. The smallest absolute Gasteiger partial charge is 0.412 e. The number of anilines is 2. The van der Waals surface area contributed by atoms with Crippen molar-refractivity contribution < 1.29 is 32.6 Å². The molecular weight excluding hydrogens is 398 g/mol. The zero-order valence-corrected chi connectivity index (χ0v) is 16.9. The first-order valence-electron chi connectivity index (χ1n) is 9.02. The van der Waals surface area contributed by atoms with E-state index in [1.54, 1.807) is 20.8 Å². The predicted molar refractivity (Wildman–Crippen MR) is 106 cm³/mol. The van der Waals surface area contributed by atoms with Crippen molar-refractivity contribution in [3.05, 3.63) is 59.7 Å². The van der Waals surface area contributed by atoms with Crippen LogP contribution >= 0.6 is 0 Å². The van der Waals surface area contributed by atoms with Gasteiger partial charge in [0.05, 0.1) is 5.56 Å². The zero-order valence-electron chi connectivity index (χ0n) is 16.9. The Morgan fingerprint density at radius 1 is 0.967 bits per heavy atom. The second kappa shape index (κ2) is 9.34. The normalized spacial score (nSPS) is 11.9. The number of carbonyl (C=O) groups excluding carboxylic acids is 3. The molecule has 0 aromatic heterocycles. The Kier molecular flexibility index (Phi) is 7.10. The number of hydrogen-bond acceptors (Lipinski definition) is 5. The van der Waals surface area contributed by atoms with E-state index in [2.05, 4.69) is 10.6 Å². The number of hydrogen-bond donors (Lipinski definition) is 2. The Balaban J connectivity index is 2.01. The van der Waals surface area contributed by atoms with E-state index in [9.17, 15) is 23.2 Å². The van der Waals surface area contributed by atoms with Crippen LogP contribution in [0, 0.1) is 11.6 Å². The summed E-state index contributed by atoms with van der Waals surface area (Å²) in [6, 6.07) is 8.93. The van der Waals surface area contributed by atoms with Gasteiger partial charge in [-0.2, -0.15) is 0 Å². The molecule has 0 aliphatic rings. The summed E-state index contributed by atoms with van der Waals surface area (Å²) in [5.41, 5.74) is -0.986. The molecule has 30 heavy (non-hydrogen) atoms. The van der Waals surface area contributed by atoms with Crippen molar-refractivity contribution in [2.24, 2.45) is 0 Å². The lowest BCUT2D eigenvalue weighted by Crippen LogP contribution is -2.30. The number of esters is 1. The van der Waals surface area contributed by atoms with Gasteiger partial charge in [0.15, 0.2) is 6.10 Å². The topological polar surface area (TPSA) is 93.7 Å². The molecule has 0 saturated carbocycles. The molecule has 7 nitrogen and oxygen atoms in total. The molecule has 1 atom stereocenters. The van der Waals surface area contributed by atoms with E-state index in [1.165, 1.54) is 31.2 Å². The van der Waals surface area contributed by atoms with Crippen molar-refractivity contribution in [1.29, 1.82) is 0 Å². The fourth-order valence-corrected chi connectivity index (χ4v) is 2.27. The number of halogens is 2. The summed E-state index contributed by atoms with van der Waals surface area (Å²) in [4.78, 5) is 36.3. The Labute approximate surface area is 172 Å². The van der Waals surface area contributed by atoms with Gasteiger partial charge in [-0.05, 0) is 58.0 Å². The zero-order chi connectivity index (χ0) is 22.5. The molecule has 0 radical (unpaired) electrons. The van der Waals surface area contributed by atoms with Gasteiger partial charge in [-0.15, -0.1) is 0 Å². The van der Waals surface area contributed by atoms with E-state index in [4.69, 9.17) is 9.47 Å². The lowest BCUT2D eigenvalue weighted by molar-refractivity contribution is -0.123. The van der Waals surface area contributed by atoms with Crippen LogP contribution in [0.5, 0.6) is 0 Å². The minimum absolute atomic E-state index is 0.0558. The average Bonchev–Trinajstić information content (AvgIpc) is 2.63. The maximum Gasteiger partial charge on any atom is 0.412 e. The van der Waals surface area contributed by atoms with E-state index < -0.39 is 47.0 Å². The number of amides is 2. The second-order valence-corrected chi connectivity index (χ2v) is 7.34. The number of para-hydroxylation sites is 1. The minimum atomic E-state index is -1.33. The van der Waals surface area contributed by atoms with E-state index in [1.807, 2.05) is 0 Å². The van der Waals surface area contributed by atoms with E-state index >= 15 is 0 Å². The first-order valence-corrected chi connectivity index (χ1v) is 9.02. The van der Waals surface area contributed by atoms with E-state index in [0.717, 1.165) is 18.2 Å². The van der Waals surface area contributed by atoms with Crippen LogP contribution in [0.4, 0.5) is 25.0 Å². The lowest BCUT2D eigenvalue weighted by Gasteiger charge is -2.19. The molecule has 0 aliphatic carbocycles. The van der Waals surface area contributed by atoms with Crippen molar-refractivity contribution in [1.82, 2.24) is 0 Å². The highest BCUT2D eigenvalue weighted by Crippen LogP contribution is 2.19. The summed E-state index contributed by atoms with van der Waals surface area (Å²) in [6.07, 6.45) is -2.04. The van der Waals surface area contributed by atoms with Crippen molar-refractivity contribution >= 4 is 29.3 Å². The van der Waals surface area contributed by atoms with Crippen LogP contribution in [0.15, 0.2) is 42.5 Å². The van der Waals surface area contributed by atoms with Gasteiger partial charge in [0, 0.05) is 5.69 Å². The third kappa shape index (κ3) is 6.54. The highest BCUT2D eigenvalue weighted by molar-refractivity contribution is 5.98. The van der Waals surface area contributed by atoms with Gasteiger partial charge in [-0.25, -0.2) is 18.4 Å². The maximum absolute atomic E-state index is 13.6. The van der Waals surface area contributed by atoms with Gasteiger partial charge < -0.3 is 14.8 Å². The van der Waals surface area contributed by atoms with Crippen molar-refractivity contribution in [2.75, 3.05) is 10.6 Å². The van der Waals surface area contributed by atoms with Crippen LogP contribution in [0.25, 0.3) is 0 Å². The van der Waals surface area contributed by atoms with Gasteiger partial charge in [0.25, 0.3) is 5.91 Å². The molecule has 1 unspecified atom stereocenters. The quantitative estimate of drug-likeness (QED) is 0.695. The van der Waals surface area contributed by atoms with Crippen LogP contribution in [0.3, 0.4) is 0 Å². The van der Waals surface area contributed by atoms with Crippen LogP contribution in [-0.4, -0.2) is 29.7 Å². The Hall–Kier alpha value is -3.49. The van der Waals surface area contributed by atoms with Crippen molar-refractivity contribution in [2.45, 2.75) is 39.4 Å². The molecule has 160 valence electrons. The molecule has 0 aliphatic heterocycles. The van der Waals surface area contributed by atoms with Crippen LogP contribution < -0.4 is 10.6 Å². The molecule has 2 aromatic carbocycles. The molecule has 2 N–H and O–H groups in total. The minimum Gasteiger partial charge on any atom is -0.449 e. The Morgan fingerprint density at radius 2 is 1.57 bits per heavy atom. The number of carbonyl (C=O) groups is 3. The largest absolute Gasteiger partial charge is 0.449 e. The first-order chi connectivity index (χ1) is 14.0. The van der Waals surface area contributed by atoms with Crippen molar-refractivity contribution in [3.63, 3.8) is 0 Å². The lowest BCUT2D eigenvalue weighted by atomic mass is 10.2. The molecule has 2 amide bonds. The molecular formula is C21H22F2N2O5. The Bertz CT molecular complexity index is 936. The third-order valence-corrected chi connectivity index (χ3v) is 3.61. The predicted octanol–water partition coefficient (Wildman–Crippen LogP) is 4.50. The van der Waals surface area contributed by atoms with Crippen molar-refractivity contribution in [3.8, 4) is 0 Å². The summed E-state index contributed by atoms with van der Waals surface area (Å²) in [5, 5.41) is 4.54. The van der Waals surface area contributed by atoms with Gasteiger partial charge >= 0.3 is 12.1 Å². The summed E-state index contributed by atoms with van der Waals surface area (Å²) in [5.74, 6) is -3.68. The monoisotopic (exact) mass is 420 g/mol. The standard InChI is InChI=1S/C21H22F2N2O5/c1-12(18(26)25-17-15(22)9-6-10-16(17)23)29-19(27)13-7-5-8-14(11-13)24-20(28)30-21(2,3)4/h5-12H,1-4H3,(H,24,28)(H,25,26). The second-order valence-electron chi connectivity index (χ2n) is 7.34. The van der Waals surface area contributed by atoms with Gasteiger partial charge in [0.2, 0.25) is 0 Å². The summed E-state index contributed by atoms with van der Waals surface area (Å²) in [6.45, 7) is 6.38. The molecule has 2 rings (SSSR count). The SMILES string of the molecule is CC(OC(=O)c1cccc(NC(=O)OC(C)(C)C)c1)C(=O)Nc1c(F)cccc1F. The number of nitrogens with one attached hydrogen (secondary N) is 2. The van der Waals surface area contributed by atoms with Crippen LogP contribution in [-0.2, 0) is 14.3 Å². The van der Waals surface area contributed by atoms with Gasteiger partial charge in [-0.3, -0.25) is 10.1 Å². The molecule has 0 saturated heterocycles. The summed E-state index contributed by atoms with van der Waals surface area (Å²) < 4.78 is 37.5. The highest BCUT2D eigenvalue weighted by Gasteiger charge is 2.22. The fraction of sp³-hybridized carbons (Fsp3) is 0.286. The maximum atomic E-state index is 13.6.